The smallest absolute Gasteiger partial charge is 0.462 e. The molecule has 0 aliphatic heterocycles. The molecule has 0 rings (SSSR count). The Balaban J connectivity index is 4.05. The third kappa shape index (κ3) is 69.3. The number of hydrogen-bond donors (Lipinski definition) is 1. The minimum Gasteiger partial charge on any atom is -0.462 e. The lowest BCUT2D eigenvalue weighted by Crippen LogP contribution is -2.37. The predicted octanol–water partition coefficient (Wildman–Crippen LogP) is 22.8. The van der Waals surface area contributed by atoms with E-state index in [1.165, 1.54) is 141 Å². The summed E-state index contributed by atoms with van der Waals surface area (Å²) in [5, 5.41) is 0. The largest absolute Gasteiger partial charge is 0.472 e. The van der Waals surface area contributed by atoms with Gasteiger partial charge in [-0.15, -0.1) is 0 Å². The van der Waals surface area contributed by atoms with E-state index in [0.717, 1.165) is 109 Å². The summed E-state index contributed by atoms with van der Waals surface area (Å²) < 4.78 is 34.7. The molecule has 0 bridgehead atoms. The second kappa shape index (κ2) is 65.6. The number of hydrogen-bond acceptors (Lipinski definition) is 7. The van der Waals surface area contributed by atoms with Gasteiger partial charge in [0.25, 0.3) is 0 Å². The Kier molecular flexibility index (Phi) is 62.7. The van der Waals surface area contributed by atoms with Gasteiger partial charge in [0.05, 0.1) is 27.7 Å². The number of phosphoric acid groups is 1. The molecule has 10 heteroatoms. The van der Waals surface area contributed by atoms with Gasteiger partial charge in [0.15, 0.2) is 6.10 Å². The Morgan fingerprint density at radius 3 is 0.930 bits per heavy atom. The van der Waals surface area contributed by atoms with E-state index in [-0.39, 0.29) is 32.0 Å². The lowest BCUT2D eigenvalue weighted by Gasteiger charge is -2.24. The molecule has 1 N–H and O–H groups in total. The first-order valence-corrected chi connectivity index (χ1v) is 36.4. The van der Waals surface area contributed by atoms with Crippen molar-refractivity contribution < 1.29 is 42.1 Å². The molecule has 9 nitrogen and oxygen atoms in total. The Morgan fingerprint density at radius 1 is 0.360 bits per heavy atom. The maximum absolute atomic E-state index is 12.9. The minimum absolute atomic E-state index is 0.0268. The van der Waals surface area contributed by atoms with Crippen molar-refractivity contribution in [2.45, 2.75) is 290 Å². The van der Waals surface area contributed by atoms with E-state index in [1.54, 1.807) is 0 Å². The van der Waals surface area contributed by atoms with Crippen molar-refractivity contribution in [3.8, 4) is 0 Å². The fraction of sp³-hybridized carbons (Fsp3) is 0.684. The van der Waals surface area contributed by atoms with Crippen LogP contribution in [0.4, 0.5) is 0 Å². The van der Waals surface area contributed by atoms with Gasteiger partial charge in [0.1, 0.15) is 19.8 Å². The van der Waals surface area contributed by atoms with Crippen LogP contribution in [0.25, 0.3) is 0 Å². The van der Waals surface area contributed by atoms with Crippen molar-refractivity contribution in [3.63, 3.8) is 0 Å². The summed E-state index contributed by atoms with van der Waals surface area (Å²) in [4.78, 5) is 35.9. The van der Waals surface area contributed by atoms with Gasteiger partial charge in [-0.3, -0.25) is 18.6 Å². The summed E-state index contributed by atoms with van der Waals surface area (Å²) in [7, 11) is 1.47. The van der Waals surface area contributed by atoms with Crippen LogP contribution in [0.3, 0.4) is 0 Å². The number of quaternary nitrogens is 1. The zero-order valence-corrected chi connectivity index (χ0v) is 56.9. The van der Waals surface area contributed by atoms with Crippen LogP contribution in [0.5, 0.6) is 0 Å². The van der Waals surface area contributed by atoms with E-state index in [4.69, 9.17) is 18.5 Å². The van der Waals surface area contributed by atoms with E-state index < -0.39 is 26.5 Å². The van der Waals surface area contributed by atoms with Crippen LogP contribution in [0.15, 0.2) is 134 Å². The second-order valence-corrected chi connectivity index (χ2v) is 25.6. The molecule has 0 spiro atoms. The Bertz CT molecular complexity index is 1910. The van der Waals surface area contributed by atoms with Gasteiger partial charge < -0.3 is 18.9 Å². The summed E-state index contributed by atoms with van der Waals surface area (Å²) in [5.74, 6) is -0.798. The fourth-order valence-electron chi connectivity index (χ4n) is 9.40. The normalized spacial score (nSPS) is 14.0. The van der Waals surface area contributed by atoms with Crippen LogP contribution in [-0.2, 0) is 32.7 Å². The summed E-state index contributed by atoms with van der Waals surface area (Å²) in [6, 6.07) is 0. The number of likely N-dealkylation sites (N-methyl/N-ethyl adjacent to an activating group) is 1. The summed E-state index contributed by atoms with van der Waals surface area (Å²) >= 11 is 0. The van der Waals surface area contributed by atoms with Crippen molar-refractivity contribution in [2.24, 2.45) is 0 Å². The Hall–Kier alpha value is -3.85. The first-order chi connectivity index (χ1) is 42.0. The van der Waals surface area contributed by atoms with Crippen LogP contribution in [0, 0.1) is 0 Å². The topological polar surface area (TPSA) is 108 Å². The van der Waals surface area contributed by atoms with E-state index in [9.17, 15) is 19.0 Å². The summed E-state index contributed by atoms with van der Waals surface area (Å²) in [5.41, 5.74) is 0. The molecule has 0 aromatic rings. The molecule has 0 amide bonds. The highest BCUT2D eigenvalue weighted by Crippen LogP contribution is 2.43. The summed E-state index contributed by atoms with van der Waals surface area (Å²) in [6.45, 7) is 4.22. The molecule has 0 aromatic heterocycles. The highest BCUT2D eigenvalue weighted by atomic mass is 31.2. The average Bonchev–Trinajstić information content (AvgIpc) is 3.67. The van der Waals surface area contributed by atoms with Gasteiger partial charge in [0.2, 0.25) is 0 Å². The van der Waals surface area contributed by atoms with Crippen molar-refractivity contribution in [2.75, 3.05) is 47.5 Å². The number of rotatable bonds is 63. The van der Waals surface area contributed by atoms with Gasteiger partial charge >= 0.3 is 19.8 Å². The molecule has 0 saturated carbocycles. The monoisotopic (exact) mass is 1220 g/mol. The first-order valence-electron chi connectivity index (χ1n) is 34.9. The number of allylic oxidation sites excluding steroid dienone is 22. The number of phosphoric ester groups is 1. The number of unbranched alkanes of at least 4 members (excludes halogenated alkanes) is 27. The van der Waals surface area contributed by atoms with E-state index in [2.05, 4.69) is 148 Å². The molecular formula is C76H131NO8P+. The van der Waals surface area contributed by atoms with Gasteiger partial charge in [0, 0.05) is 12.8 Å². The van der Waals surface area contributed by atoms with E-state index in [0.29, 0.717) is 17.4 Å². The molecular weight excluding hydrogens is 1090 g/mol. The first kappa shape index (κ1) is 82.1. The van der Waals surface area contributed by atoms with E-state index >= 15 is 0 Å². The van der Waals surface area contributed by atoms with Crippen molar-refractivity contribution in [1.82, 2.24) is 0 Å². The molecule has 0 aliphatic carbocycles. The average molecular weight is 1220 g/mol. The van der Waals surface area contributed by atoms with Crippen molar-refractivity contribution in [3.05, 3.63) is 134 Å². The van der Waals surface area contributed by atoms with Crippen molar-refractivity contribution in [1.29, 1.82) is 0 Å². The molecule has 2 unspecified atom stereocenters. The fourth-order valence-corrected chi connectivity index (χ4v) is 10.1. The minimum atomic E-state index is -4.40. The van der Waals surface area contributed by atoms with Crippen LogP contribution in [0.1, 0.15) is 284 Å². The zero-order valence-electron chi connectivity index (χ0n) is 56.0. The molecule has 492 valence electrons. The van der Waals surface area contributed by atoms with Crippen LogP contribution >= 0.6 is 7.82 Å². The Morgan fingerprint density at radius 2 is 0.628 bits per heavy atom. The summed E-state index contributed by atoms with van der Waals surface area (Å²) in [6.07, 6.45) is 95.5. The molecule has 0 aliphatic rings. The number of nitrogens with zero attached hydrogens (tertiary/aromatic N) is 1. The maximum Gasteiger partial charge on any atom is 0.472 e. The van der Waals surface area contributed by atoms with Crippen LogP contribution in [-0.4, -0.2) is 74.9 Å². The van der Waals surface area contributed by atoms with Crippen molar-refractivity contribution >= 4 is 19.8 Å². The highest BCUT2D eigenvalue weighted by molar-refractivity contribution is 7.47. The standard InChI is InChI=1S/C76H130NO8P/c1-6-8-10-12-14-16-18-20-22-24-26-28-30-32-33-34-35-36-37-38-39-40-41-42-43-45-47-49-51-53-55-57-59-61-63-65-67-69-76(79)85-74(73-84-86(80,81)83-71-70-77(3,4)5)72-82-75(78)68-66-64-62-60-58-56-54-52-50-48-46-44-31-29-27-25-23-21-19-17-15-13-11-9-7-2/h8-11,14-17,20-23,26-29,32-33,35-36,38-39,74H,6-7,12-13,18-19,24-25,30-31,34,37,40-73H2,1-5H3/p+1/b10-8-,11-9-,16-14-,17-15-,22-20-,23-21-,28-26-,29-27-,33-32-,36-35-,39-38-. The van der Waals surface area contributed by atoms with Gasteiger partial charge in [-0.25, -0.2) is 4.57 Å². The molecule has 0 radical (unpaired) electrons. The van der Waals surface area contributed by atoms with Gasteiger partial charge in [-0.05, 0) is 109 Å². The number of carbonyl (C=O) groups excluding carboxylic acids is 2. The van der Waals surface area contributed by atoms with E-state index in [1.807, 2.05) is 21.1 Å². The number of esters is 2. The Labute approximate surface area is 530 Å². The lowest BCUT2D eigenvalue weighted by atomic mass is 10.0. The zero-order chi connectivity index (χ0) is 62.6. The maximum atomic E-state index is 12.9. The van der Waals surface area contributed by atoms with Crippen LogP contribution < -0.4 is 0 Å². The van der Waals surface area contributed by atoms with Gasteiger partial charge in [-0.1, -0.05) is 295 Å². The molecule has 86 heavy (non-hydrogen) atoms. The predicted molar refractivity (Wildman–Crippen MR) is 371 cm³/mol. The van der Waals surface area contributed by atoms with Gasteiger partial charge in [-0.2, -0.15) is 0 Å². The molecule has 0 fully saturated rings. The third-order valence-electron chi connectivity index (χ3n) is 14.7. The van der Waals surface area contributed by atoms with Crippen LogP contribution in [0.2, 0.25) is 0 Å². The SMILES string of the molecule is CC/C=C\C/C=C\C/C=C\C/C=C\C/C=C\C/C=C\C/C=C\CCCCCCCCCCCCCCCCCC(=O)OC(COC(=O)CCCCCCCCCCCCCC/C=C\C/C=C\C/C=C\C/C=C\CC)COP(=O)(O)OCC[N+](C)(C)C. The highest BCUT2D eigenvalue weighted by Gasteiger charge is 2.27. The molecule has 0 aromatic carbocycles. The third-order valence-corrected chi connectivity index (χ3v) is 15.7. The quantitative estimate of drug-likeness (QED) is 0.0211. The second-order valence-electron chi connectivity index (χ2n) is 24.2. The lowest BCUT2D eigenvalue weighted by molar-refractivity contribution is -0.870. The number of ether oxygens (including phenoxy) is 2. The molecule has 0 saturated heterocycles. The molecule has 2 atom stereocenters. The molecule has 0 heterocycles. The number of carbonyl (C=O) groups is 2.